The molecule has 2 aromatic heterocycles. The second-order valence-electron chi connectivity index (χ2n) is 7.23. The van der Waals surface area contributed by atoms with Crippen LogP contribution in [0.1, 0.15) is 61.4 Å². The highest BCUT2D eigenvalue weighted by Crippen LogP contribution is 2.14. The van der Waals surface area contributed by atoms with Crippen molar-refractivity contribution in [1.29, 1.82) is 0 Å². The van der Waals surface area contributed by atoms with Crippen LogP contribution in [0.3, 0.4) is 0 Å². The number of thiocarbonyl (C=S) groups is 1. The number of anilines is 1. The first-order chi connectivity index (χ1) is 14.2. The van der Waals surface area contributed by atoms with Crippen molar-refractivity contribution in [2.24, 2.45) is 0 Å². The lowest BCUT2D eigenvalue weighted by Crippen LogP contribution is -2.34. The minimum Gasteiger partial charge on any atom is -0.332 e. The topological polar surface area (TPSA) is 58.4 Å². The third kappa shape index (κ3) is 6.39. The summed E-state index contributed by atoms with van der Waals surface area (Å²) < 4.78 is 1.80. The first kappa shape index (κ1) is 21.0. The zero-order valence-electron chi connectivity index (χ0n) is 16.9. The highest BCUT2D eigenvalue weighted by Gasteiger charge is 2.09. The van der Waals surface area contributed by atoms with E-state index in [2.05, 4.69) is 34.7 Å². The molecule has 0 bridgehead atoms. The second-order valence-corrected chi connectivity index (χ2v) is 7.64. The van der Waals surface area contributed by atoms with E-state index in [1.54, 1.807) is 35.1 Å². The molecule has 29 heavy (non-hydrogen) atoms. The molecule has 0 unspecified atom stereocenters. The number of aryl methyl sites for hydroxylation is 1. The van der Waals surface area contributed by atoms with Crippen LogP contribution in [0.5, 0.6) is 0 Å². The summed E-state index contributed by atoms with van der Waals surface area (Å²) in [6.45, 7) is 2.24. The van der Waals surface area contributed by atoms with Gasteiger partial charge in [-0.1, -0.05) is 51.2 Å². The maximum atomic E-state index is 12.4. The SMILES string of the molecule is CCCCCCCCc1ccc(NC(=S)NC(=O)c2ccc3nccn3c2)cc1. The number of pyridine rings is 1. The number of hydrogen-bond acceptors (Lipinski definition) is 3. The lowest BCUT2D eigenvalue weighted by Gasteiger charge is -2.10. The lowest BCUT2D eigenvalue weighted by molar-refractivity contribution is 0.0977. The van der Waals surface area contributed by atoms with Crippen molar-refractivity contribution < 1.29 is 4.79 Å². The predicted molar refractivity (Wildman–Crippen MR) is 122 cm³/mol. The quantitative estimate of drug-likeness (QED) is 0.369. The summed E-state index contributed by atoms with van der Waals surface area (Å²) in [4.78, 5) is 16.6. The van der Waals surface area contributed by atoms with Gasteiger partial charge >= 0.3 is 0 Å². The standard InChI is InChI=1S/C23H28N4OS/c1-2-3-4-5-6-7-8-18-9-12-20(13-10-18)25-23(29)26-22(28)19-11-14-21-24-15-16-27(21)17-19/h9-17H,2-8H2,1H3,(H2,25,26,28,29). The monoisotopic (exact) mass is 408 g/mol. The number of carbonyl (C=O) groups is 1. The molecule has 0 aliphatic heterocycles. The maximum Gasteiger partial charge on any atom is 0.258 e. The summed E-state index contributed by atoms with van der Waals surface area (Å²) in [6.07, 6.45) is 14.2. The van der Waals surface area contributed by atoms with Gasteiger partial charge in [0.15, 0.2) is 5.11 Å². The molecule has 1 aromatic carbocycles. The minimum atomic E-state index is -0.252. The zero-order chi connectivity index (χ0) is 20.5. The smallest absolute Gasteiger partial charge is 0.258 e. The largest absolute Gasteiger partial charge is 0.332 e. The summed E-state index contributed by atoms with van der Waals surface area (Å²) in [5, 5.41) is 6.08. The summed E-state index contributed by atoms with van der Waals surface area (Å²) in [5.41, 5.74) is 3.51. The van der Waals surface area contributed by atoms with Gasteiger partial charge in [0.1, 0.15) is 5.65 Å². The van der Waals surface area contributed by atoms with E-state index in [4.69, 9.17) is 12.2 Å². The summed E-state index contributed by atoms with van der Waals surface area (Å²) in [6, 6.07) is 11.8. The highest BCUT2D eigenvalue weighted by atomic mass is 32.1. The van der Waals surface area contributed by atoms with Gasteiger partial charge in [0.05, 0.1) is 5.56 Å². The molecule has 2 N–H and O–H groups in total. The third-order valence-corrected chi connectivity index (χ3v) is 5.11. The molecule has 152 valence electrons. The van der Waals surface area contributed by atoms with Gasteiger partial charge in [0, 0.05) is 24.3 Å². The molecule has 0 fully saturated rings. The third-order valence-electron chi connectivity index (χ3n) is 4.91. The fourth-order valence-corrected chi connectivity index (χ4v) is 3.47. The van der Waals surface area contributed by atoms with Gasteiger partial charge in [0.25, 0.3) is 5.91 Å². The van der Waals surface area contributed by atoms with E-state index in [-0.39, 0.29) is 11.0 Å². The normalized spacial score (nSPS) is 10.8. The molecule has 5 nitrogen and oxygen atoms in total. The Labute approximate surface area is 177 Å². The Balaban J connectivity index is 1.44. The molecule has 0 radical (unpaired) electrons. The zero-order valence-corrected chi connectivity index (χ0v) is 17.7. The van der Waals surface area contributed by atoms with Gasteiger partial charge in [-0.25, -0.2) is 4.98 Å². The van der Waals surface area contributed by atoms with Crippen LogP contribution in [0.15, 0.2) is 55.0 Å². The summed E-state index contributed by atoms with van der Waals surface area (Å²) in [7, 11) is 0. The van der Waals surface area contributed by atoms with E-state index < -0.39 is 0 Å². The van der Waals surface area contributed by atoms with Crippen molar-refractivity contribution in [3.05, 3.63) is 66.1 Å². The minimum absolute atomic E-state index is 0.252. The number of hydrogen-bond donors (Lipinski definition) is 2. The van der Waals surface area contributed by atoms with Crippen LogP contribution >= 0.6 is 12.2 Å². The number of rotatable bonds is 9. The van der Waals surface area contributed by atoms with Crippen LogP contribution < -0.4 is 10.6 Å². The number of imidazole rings is 1. The average Bonchev–Trinajstić information content (AvgIpc) is 3.19. The number of carbonyl (C=O) groups excluding carboxylic acids is 1. The molecule has 1 amide bonds. The van der Waals surface area contributed by atoms with Crippen LogP contribution in [0, 0.1) is 0 Å². The van der Waals surface area contributed by atoms with Crippen LogP contribution in [0.4, 0.5) is 5.69 Å². The number of nitrogens with zero attached hydrogens (tertiary/aromatic N) is 2. The number of nitrogens with one attached hydrogen (secondary N) is 2. The Morgan fingerprint density at radius 1 is 1.03 bits per heavy atom. The molecule has 0 aliphatic rings. The first-order valence-corrected chi connectivity index (χ1v) is 10.7. The predicted octanol–water partition coefficient (Wildman–Crippen LogP) is 5.36. The molecule has 0 aliphatic carbocycles. The van der Waals surface area contributed by atoms with Crippen molar-refractivity contribution >= 4 is 34.6 Å². The van der Waals surface area contributed by atoms with Gasteiger partial charge in [-0.15, -0.1) is 0 Å². The first-order valence-electron chi connectivity index (χ1n) is 10.3. The Hall–Kier alpha value is -2.73. The van der Waals surface area contributed by atoms with Crippen molar-refractivity contribution in [1.82, 2.24) is 14.7 Å². The number of fused-ring (bicyclic) bond motifs is 1. The fraction of sp³-hybridized carbons (Fsp3) is 0.348. The van der Waals surface area contributed by atoms with Gasteiger partial charge in [0.2, 0.25) is 0 Å². The molecule has 3 aromatic rings. The molecule has 0 atom stereocenters. The highest BCUT2D eigenvalue weighted by molar-refractivity contribution is 7.80. The van der Waals surface area contributed by atoms with E-state index in [9.17, 15) is 4.79 Å². The van der Waals surface area contributed by atoms with Gasteiger partial charge in [-0.05, 0) is 54.9 Å². The van der Waals surface area contributed by atoms with E-state index in [1.165, 1.54) is 44.1 Å². The Kier molecular flexibility index (Phi) is 7.76. The van der Waals surface area contributed by atoms with Gasteiger partial charge in [-0.2, -0.15) is 0 Å². The van der Waals surface area contributed by atoms with Crippen molar-refractivity contribution in [3.63, 3.8) is 0 Å². The molecule has 0 saturated carbocycles. The van der Waals surface area contributed by atoms with Crippen molar-refractivity contribution in [2.45, 2.75) is 51.9 Å². The van der Waals surface area contributed by atoms with Gasteiger partial charge in [-0.3, -0.25) is 10.1 Å². The van der Waals surface area contributed by atoms with E-state index >= 15 is 0 Å². The summed E-state index contributed by atoms with van der Waals surface area (Å²) >= 11 is 5.28. The van der Waals surface area contributed by atoms with Crippen LogP contribution in [-0.2, 0) is 6.42 Å². The van der Waals surface area contributed by atoms with Crippen molar-refractivity contribution in [2.75, 3.05) is 5.32 Å². The molecular weight excluding hydrogens is 380 g/mol. The fourth-order valence-electron chi connectivity index (χ4n) is 3.26. The van der Waals surface area contributed by atoms with Gasteiger partial charge < -0.3 is 9.72 Å². The van der Waals surface area contributed by atoms with E-state index in [0.29, 0.717) is 5.56 Å². The maximum absolute atomic E-state index is 12.4. The number of amides is 1. The number of aromatic nitrogens is 2. The molecule has 0 saturated heterocycles. The number of benzene rings is 1. The van der Waals surface area contributed by atoms with Crippen LogP contribution in [-0.4, -0.2) is 20.4 Å². The average molecular weight is 409 g/mol. The van der Waals surface area contributed by atoms with Crippen LogP contribution in [0.25, 0.3) is 5.65 Å². The Bertz CT molecular complexity index is 949. The molecular formula is C23H28N4OS. The molecule has 6 heteroatoms. The lowest BCUT2D eigenvalue weighted by atomic mass is 10.0. The van der Waals surface area contributed by atoms with E-state index in [0.717, 1.165) is 17.8 Å². The molecule has 3 rings (SSSR count). The van der Waals surface area contributed by atoms with E-state index in [1.807, 2.05) is 12.1 Å². The molecule has 2 heterocycles. The van der Waals surface area contributed by atoms with Crippen molar-refractivity contribution in [3.8, 4) is 0 Å². The molecule has 0 spiro atoms. The summed E-state index contributed by atoms with van der Waals surface area (Å²) in [5.74, 6) is -0.252. The second kappa shape index (κ2) is 10.7. The Morgan fingerprint density at radius 2 is 1.79 bits per heavy atom. The number of unbranched alkanes of at least 4 members (excludes halogenated alkanes) is 5. The Morgan fingerprint density at radius 3 is 2.59 bits per heavy atom. The van der Waals surface area contributed by atoms with Crippen LogP contribution in [0.2, 0.25) is 0 Å².